The molecule has 1 aliphatic rings. The van der Waals surface area contributed by atoms with Gasteiger partial charge in [-0.05, 0) is 31.9 Å². The number of nitro benzene ring substituents is 1. The van der Waals surface area contributed by atoms with Crippen LogP contribution >= 0.6 is 0 Å². The Balaban J connectivity index is 2.13. The highest BCUT2D eigenvalue weighted by molar-refractivity contribution is 5.72. The molecular weight excluding hydrogens is 248 g/mol. The third-order valence-electron chi connectivity index (χ3n) is 3.58. The van der Waals surface area contributed by atoms with Gasteiger partial charge in [-0.15, -0.1) is 0 Å². The average molecular weight is 264 g/mol. The molecule has 2 unspecified atom stereocenters. The third-order valence-corrected chi connectivity index (χ3v) is 3.58. The van der Waals surface area contributed by atoms with Crippen molar-refractivity contribution in [2.75, 3.05) is 5.32 Å². The molecule has 2 N–H and O–H groups in total. The summed E-state index contributed by atoms with van der Waals surface area (Å²) in [6.45, 7) is 1.67. The van der Waals surface area contributed by atoms with Crippen LogP contribution in [0.3, 0.4) is 0 Å². The molecule has 6 heteroatoms. The van der Waals surface area contributed by atoms with Gasteiger partial charge in [0.1, 0.15) is 0 Å². The zero-order valence-corrected chi connectivity index (χ0v) is 10.6. The summed E-state index contributed by atoms with van der Waals surface area (Å²) in [6.07, 6.45) is 2.38. The summed E-state index contributed by atoms with van der Waals surface area (Å²) in [5, 5.41) is 23.0. The van der Waals surface area contributed by atoms with Crippen LogP contribution in [0.4, 0.5) is 11.4 Å². The second-order valence-corrected chi connectivity index (χ2v) is 4.88. The van der Waals surface area contributed by atoms with Gasteiger partial charge in [0.2, 0.25) is 0 Å². The number of hydrogen-bond donors (Lipinski definition) is 2. The predicted molar refractivity (Wildman–Crippen MR) is 70.2 cm³/mol. The first-order valence-corrected chi connectivity index (χ1v) is 6.23. The number of aryl methyl sites for hydroxylation is 1. The number of rotatable bonds is 4. The maximum atomic E-state index is 11.1. The van der Waals surface area contributed by atoms with Crippen molar-refractivity contribution < 1.29 is 14.8 Å². The molecule has 1 fully saturated rings. The summed E-state index contributed by atoms with van der Waals surface area (Å²) >= 11 is 0. The molecule has 1 aromatic carbocycles. The summed E-state index contributed by atoms with van der Waals surface area (Å²) in [5.74, 6) is -1.16. The largest absolute Gasteiger partial charge is 0.481 e. The van der Waals surface area contributed by atoms with Gasteiger partial charge in [0.25, 0.3) is 5.69 Å². The highest BCUT2D eigenvalue weighted by Crippen LogP contribution is 2.30. The number of nitrogens with zero attached hydrogens (tertiary/aromatic N) is 1. The van der Waals surface area contributed by atoms with Crippen molar-refractivity contribution in [3.63, 3.8) is 0 Å². The summed E-state index contributed by atoms with van der Waals surface area (Å²) in [5.41, 5.74) is 1.38. The van der Waals surface area contributed by atoms with Gasteiger partial charge in [-0.2, -0.15) is 0 Å². The molecule has 1 saturated carbocycles. The molecule has 0 saturated heterocycles. The zero-order valence-electron chi connectivity index (χ0n) is 10.6. The number of carboxylic acids is 1. The lowest BCUT2D eigenvalue weighted by atomic mass is 10.0. The van der Waals surface area contributed by atoms with Crippen LogP contribution in [0.5, 0.6) is 0 Å². The van der Waals surface area contributed by atoms with Gasteiger partial charge in [-0.1, -0.05) is 6.42 Å². The van der Waals surface area contributed by atoms with E-state index >= 15 is 0 Å². The summed E-state index contributed by atoms with van der Waals surface area (Å²) in [4.78, 5) is 21.4. The highest BCUT2D eigenvalue weighted by atomic mass is 16.6. The van der Waals surface area contributed by atoms with Crippen LogP contribution in [0.25, 0.3) is 0 Å². The molecule has 0 spiro atoms. The lowest BCUT2D eigenvalue weighted by Gasteiger charge is -2.19. The molecule has 0 aromatic heterocycles. The molecule has 19 heavy (non-hydrogen) atoms. The number of aliphatic carboxylic acids is 1. The number of hydrogen-bond acceptors (Lipinski definition) is 4. The van der Waals surface area contributed by atoms with Crippen LogP contribution in [-0.4, -0.2) is 22.0 Å². The van der Waals surface area contributed by atoms with Crippen LogP contribution in [0.2, 0.25) is 0 Å². The fourth-order valence-electron chi connectivity index (χ4n) is 2.59. The minimum Gasteiger partial charge on any atom is -0.481 e. The number of carboxylic acid groups (broad SMARTS) is 1. The second-order valence-electron chi connectivity index (χ2n) is 4.88. The zero-order chi connectivity index (χ0) is 14.0. The molecule has 0 bridgehead atoms. The quantitative estimate of drug-likeness (QED) is 0.644. The van der Waals surface area contributed by atoms with E-state index in [1.54, 1.807) is 19.1 Å². The van der Waals surface area contributed by atoms with Crippen molar-refractivity contribution >= 4 is 17.3 Å². The minimum atomic E-state index is -0.784. The SMILES string of the molecule is Cc1cc(NC2CCCC2C(=O)O)ccc1[N+](=O)[O-]. The van der Waals surface area contributed by atoms with E-state index in [1.807, 2.05) is 0 Å². The summed E-state index contributed by atoms with van der Waals surface area (Å²) in [6, 6.07) is 4.67. The number of nitrogens with one attached hydrogen (secondary N) is 1. The third kappa shape index (κ3) is 2.83. The first kappa shape index (κ1) is 13.3. The Morgan fingerprint density at radius 2 is 2.21 bits per heavy atom. The van der Waals surface area contributed by atoms with E-state index in [9.17, 15) is 14.9 Å². The first-order valence-electron chi connectivity index (χ1n) is 6.23. The molecular formula is C13H16N2O4. The predicted octanol–water partition coefficient (Wildman–Crippen LogP) is 2.57. The van der Waals surface area contributed by atoms with E-state index in [4.69, 9.17) is 5.11 Å². The number of benzene rings is 1. The molecule has 6 nitrogen and oxygen atoms in total. The molecule has 1 aromatic rings. The van der Waals surface area contributed by atoms with Gasteiger partial charge in [0, 0.05) is 23.4 Å². The van der Waals surface area contributed by atoms with Gasteiger partial charge < -0.3 is 10.4 Å². The van der Waals surface area contributed by atoms with Crippen molar-refractivity contribution in [2.45, 2.75) is 32.2 Å². The van der Waals surface area contributed by atoms with E-state index in [2.05, 4.69) is 5.32 Å². The smallest absolute Gasteiger partial charge is 0.308 e. The summed E-state index contributed by atoms with van der Waals surface area (Å²) in [7, 11) is 0. The number of anilines is 1. The fourth-order valence-corrected chi connectivity index (χ4v) is 2.59. The van der Waals surface area contributed by atoms with Crippen LogP contribution in [0.1, 0.15) is 24.8 Å². The van der Waals surface area contributed by atoms with Crippen molar-refractivity contribution in [1.82, 2.24) is 0 Å². The van der Waals surface area contributed by atoms with Crippen molar-refractivity contribution in [3.05, 3.63) is 33.9 Å². The van der Waals surface area contributed by atoms with E-state index in [-0.39, 0.29) is 17.6 Å². The topological polar surface area (TPSA) is 92.5 Å². The minimum absolute atomic E-state index is 0.0757. The van der Waals surface area contributed by atoms with Crippen LogP contribution in [0, 0.1) is 23.0 Å². The lowest BCUT2D eigenvalue weighted by molar-refractivity contribution is -0.385. The first-order chi connectivity index (χ1) is 8.99. The molecule has 102 valence electrons. The standard InChI is InChI=1S/C13H16N2O4/c1-8-7-9(5-6-12(8)15(18)19)14-11-4-2-3-10(11)13(16)17/h5-7,10-11,14H,2-4H2,1H3,(H,16,17). The maximum Gasteiger partial charge on any atom is 0.308 e. The van der Waals surface area contributed by atoms with Crippen LogP contribution in [0.15, 0.2) is 18.2 Å². The van der Waals surface area contributed by atoms with E-state index in [0.29, 0.717) is 12.0 Å². The van der Waals surface area contributed by atoms with Crippen LogP contribution in [-0.2, 0) is 4.79 Å². The fraction of sp³-hybridized carbons (Fsp3) is 0.462. The van der Waals surface area contributed by atoms with Gasteiger partial charge >= 0.3 is 5.97 Å². The van der Waals surface area contributed by atoms with Crippen molar-refractivity contribution in [3.8, 4) is 0 Å². The Hall–Kier alpha value is -2.11. The van der Waals surface area contributed by atoms with Crippen molar-refractivity contribution in [1.29, 1.82) is 0 Å². The molecule has 0 aliphatic heterocycles. The Bertz CT molecular complexity index is 515. The van der Waals surface area contributed by atoms with Gasteiger partial charge in [0.05, 0.1) is 10.8 Å². The van der Waals surface area contributed by atoms with E-state index in [1.165, 1.54) is 6.07 Å². The molecule has 0 amide bonds. The van der Waals surface area contributed by atoms with Crippen LogP contribution < -0.4 is 5.32 Å². The maximum absolute atomic E-state index is 11.1. The molecule has 0 heterocycles. The number of carbonyl (C=O) groups is 1. The van der Waals surface area contributed by atoms with Crippen molar-refractivity contribution in [2.24, 2.45) is 5.92 Å². The Labute approximate surface area is 110 Å². The average Bonchev–Trinajstić information content (AvgIpc) is 2.76. The highest BCUT2D eigenvalue weighted by Gasteiger charge is 2.32. The second kappa shape index (κ2) is 5.26. The molecule has 2 rings (SSSR count). The van der Waals surface area contributed by atoms with Gasteiger partial charge in [-0.25, -0.2) is 0 Å². The normalized spacial score (nSPS) is 22.2. The molecule has 0 radical (unpaired) electrons. The van der Waals surface area contributed by atoms with Gasteiger partial charge in [0.15, 0.2) is 0 Å². The lowest BCUT2D eigenvalue weighted by Crippen LogP contribution is -2.29. The Morgan fingerprint density at radius 1 is 1.47 bits per heavy atom. The molecule has 2 atom stereocenters. The molecule has 1 aliphatic carbocycles. The number of nitro groups is 1. The Morgan fingerprint density at radius 3 is 2.79 bits per heavy atom. The van der Waals surface area contributed by atoms with Gasteiger partial charge in [-0.3, -0.25) is 14.9 Å². The van der Waals surface area contributed by atoms with E-state index in [0.717, 1.165) is 18.5 Å². The Kier molecular flexibility index (Phi) is 3.69. The monoisotopic (exact) mass is 264 g/mol. The summed E-state index contributed by atoms with van der Waals surface area (Å²) < 4.78 is 0. The van der Waals surface area contributed by atoms with E-state index < -0.39 is 10.9 Å².